The van der Waals surface area contributed by atoms with Crippen molar-refractivity contribution in [3.63, 3.8) is 0 Å². The third-order valence-corrected chi connectivity index (χ3v) is 4.88. The predicted molar refractivity (Wildman–Crippen MR) is 95.1 cm³/mol. The number of amides is 1. The molecule has 0 N–H and O–H groups in total. The Hall–Kier alpha value is -2.45. The van der Waals surface area contributed by atoms with Gasteiger partial charge in [-0.05, 0) is 18.2 Å². The Balaban J connectivity index is 1.54. The molecular weight excluding hydrogens is 334 g/mol. The maximum Gasteiger partial charge on any atom is 0.270 e. The number of aromatic nitrogens is 3. The Labute approximate surface area is 152 Å². The topological polar surface area (TPSA) is 72.7 Å². The van der Waals surface area contributed by atoms with Crippen LogP contribution in [-0.2, 0) is 16.5 Å². The molecule has 1 amide bonds. The van der Waals surface area contributed by atoms with Crippen LogP contribution in [-0.4, -0.2) is 76.9 Å². The number of ether oxygens (including phenoxy) is 2. The summed E-state index contributed by atoms with van der Waals surface area (Å²) in [7, 11) is 1.88. The zero-order valence-corrected chi connectivity index (χ0v) is 14.9. The van der Waals surface area contributed by atoms with Gasteiger partial charge in [0.25, 0.3) is 5.91 Å². The van der Waals surface area contributed by atoms with Crippen LogP contribution in [0.25, 0.3) is 0 Å². The number of nitrogens with zero attached hydrogens (tertiary/aromatic N) is 5. The molecule has 8 nitrogen and oxygen atoms in total. The molecule has 138 valence electrons. The van der Waals surface area contributed by atoms with Gasteiger partial charge in [-0.15, -0.1) is 0 Å². The molecule has 0 radical (unpaired) electrons. The van der Waals surface area contributed by atoms with E-state index in [4.69, 9.17) is 9.47 Å². The molecule has 1 atom stereocenters. The van der Waals surface area contributed by atoms with Crippen molar-refractivity contribution < 1.29 is 14.3 Å². The fourth-order valence-corrected chi connectivity index (χ4v) is 3.58. The standard InChI is InChI=1S/C18H23N5O3/c1-21-7-2-4-15(21)16(24)22-9-11-26-18(12-22)13-23(8-10-25-14-18)17-19-5-3-6-20-17/h2-7H,8-14H2,1H3/t18-/m1/s1. The summed E-state index contributed by atoms with van der Waals surface area (Å²) in [4.78, 5) is 25.5. The van der Waals surface area contributed by atoms with Crippen LogP contribution in [0.3, 0.4) is 0 Å². The lowest BCUT2D eigenvalue weighted by atomic mass is 10.0. The van der Waals surface area contributed by atoms with E-state index in [1.807, 2.05) is 34.8 Å². The Bertz CT molecular complexity index is 765. The average Bonchev–Trinajstić information content (AvgIpc) is 3.00. The van der Waals surface area contributed by atoms with Gasteiger partial charge in [0, 0.05) is 38.7 Å². The minimum absolute atomic E-state index is 0.0203. The Morgan fingerprint density at radius 2 is 2.00 bits per heavy atom. The average molecular weight is 357 g/mol. The van der Waals surface area contributed by atoms with Crippen molar-refractivity contribution in [2.24, 2.45) is 7.05 Å². The summed E-state index contributed by atoms with van der Waals surface area (Å²) in [6.07, 6.45) is 5.34. The van der Waals surface area contributed by atoms with Gasteiger partial charge in [-0.3, -0.25) is 4.79 Å². The van der Waals surface area contributed by atoms with E-state index < -0.39 is 5.60 Å². The van der Waals surface area contributed by atoms with E-state index in [1.54, 1.807) is 18.5 Å². The second kappa shape index (κ2) is 7.05. The highest BCUT2D eigenvalue weighted by Crippen LogP contribution is 2.25. The first-order valence-electron chi connectivity index (χ1n) is 8.81. The van der Waals surface area contributed by atoms with Crippen LogP contribution in [0.15, 0.2) is 36.8 Å². The van der Waals surface area contributed by atoms with Crippen LogP contribution in [0.4, 0.5) is 5.95 Å². The second-order valence-electron chi connectivity index (χ2n) is 6.79. The number of morpholine rings is 1. The molecule has 4 heterocycles. The first-order valence-corrected chi connectivity index (χ1v) is 8.81. The van der Waals surface area contributed by atoms with Crippen LogP contribution in [0.1, 0.15) is 10.5 Å². The van der Waals surface area contributed by atoms with E-state index >= 15 is 0 Å². The normalized spacial score (nSPS) is 23.9. The summed E-state index contributed by atoms with van der Waals surface area (Å²) < 4.78 is 13.8. The maximum absolute atomic E-state index is 12.9. The molecule has 0 saturated carbocycles. The number of hydrogen-bond donors (Lipinski definition) is 0. The van der Waals surface area contributed by atoms with Crippen molar-refractivity contribution in [3.8, 4) is 0 Å². The van der Waals surface area contributed by atoms with Gasteiger partial charge < -0.3 is 23.8 Å². The Morgan fingerprint density at radius 3 is 2.77 bits per heavy atom. The highest BCUT2D eigenvalue weighted by Gasteiger charge is 2.42. The number of carbonyl (C=O) groups excluding carboxylic acids is 1. The molecule has 2 saturated heterocycles. The number of aryl methyl sites for hydroxylation is 1. The number of carbonyl (C=O) groups is 1. The molecule has 26 heavy (non-hydrogen) atoms. The van der Waals surface area contributed by atoms with Crippen molar-refractivity contribution in [2.75, 3.05) is 50.9 Å². The number of anilines is 1. The van der Waals surface area contributed by atoms with Gasteiger partial charge in [0.2, 0.25) is 5.95 Å². The molecule has 2 aromatic rings. The minimum atomic E-state index is -0.575. The van der Waals surface area contributed by atoms with Crippen molar-refractivity contribution in [1.29, 1.82) is 0 Å². The molecule has 8 heteroatoms. The first-order chi connectivity index (χ1) is 12.7. The van der Waals surface area contributed by atoms with Gasteiger partial charge >= 0.3 is 0 Å². The molecule has 2 aromatic heterocycles. The van der Waals surface area contributed by atoms with Crippen molar-refractivity contribution in [2.45, 2.75) is 5.60 Å². The third-order valence-electron chi connectivity index (χ3n) is 4.88. The van der Waals surface area contributed by atoms with Crippen molar-refractivity contribution in [3.05, 3.63) is 42.5 Å². The lowest BCUT2D eigenvalue weighted by molar-refractivity contribution is -0.124. The lowest BCUT2D eigenvalue weighted by Gasteiger charge is -2.43. The van der Waals surface area contributed by atoms with Crippen LogP contribution < -0.4 is 4.90 Å². The number of rotatable bonds is 2. The largest absolute Gasteiger partial charge is 0.376 e. The zero-order valence-electron chi connectivity index (χ0n) is 14.9. The Morgan fingerprint density at radius 1 is 1.15 bits per heavy atom. The van der Waals surface area contributed by atoms with E-state index in [0.717, 1.165) is 0 Å². The van der Waals surface area contributed by atoms with Crippen LogP contribution in [0.2, 0.25) is 0 Å². The quantitative estimate of drug-likeness (QED) is 0.782. The summed E-state index contributed by atoms with van der Waals surface area (Å²) in [5, 5.41) is 0. The molecule has 2 aliphatic rings. The van der Waals surface area contributed by atoms with Gasteiger partial charge in [-0.1, -0.05) is 0 Å². The predicted octanol–water partition coefficient (Wildman–Crippen LogP) is 0.563. The van der Waals surface area contributed by atoms with Gasteiger partial charge in [0.1, 0.15) is 11.3 Å². The van der Waals surface area contributed by atoms with E-state index in [2.05, 4.69) is 14.9 Å². The Kier molecular flexibility index (Phi) is 4.60. The minimum Gasteiger partial charge on any atom is -0.376 e. The van der Waals surface area contributed by atoms with E-state index in [0.29, 0.717) is 57.6 Å². The molecule has 4 rings (SSSR count). The zero-order chi connectivity index (χ0) is 18.0. The van der Waals surface area contributed by atoms with E-state index in [1.165, 1.54) is 0 Å². The highest BCUT2D eigenvalue weighted by atomic mass is 16.5. The lowest BCUT2D eigenvalue weighted by Crippen LogP contribution is -2.60. The molecule has 0 unspecified atom stereocenters. The fourth-order valence-electron chi connectivity index (χ4n) is 3.58. The van der Waals surface area contributed by atoms with Crippen molar-refractivity contribution in [1.82, 2.24) is 19.4 Å². The van der Waals surface area contributed by atoms with Gasteiger partial charge in [-0.25, -0.2) is 9.97 Å². The van der Waals surface area contributed by atoms with Gasteiger partial charge in [-0.2, -0.15) is 0 Å². The fraction of sp³-hybridized carbons (Fsp3) is 0.500. The molecule has 0 bridgehead atoms. The molecule has 0 aromatic carbocycles. The first kappa shape index (κ1) is 17.0. The molecule has 2 fully saturated rings. The monoisotopic (exact) mass is 357 g/mol. The van der Waals surface area contributed by atoms with Gasteiger partial charge in [0.05, 0.1) is 32.9 Å². The van der Waals surface area contributed by atoms with E-state index in [-0.39, 0.29) is 5.91 Å². The smallest absolute Gasteiger partial charge is 0.270 e. The van der Waals surface area contributed by atoms with Crippen LogP contribution in [0, 0.1) is 0 Å². The summed E-state index contributed by atoms with van der Waals surface area (Å²) >= 11 is 0. The summed E-state index contributed by atoms with van der Waals surface area (Å²) in [6.45, 7) is 3.87. The third kappa shape index (κ3) is 3.30. The number of hydrogen-bond acceptors (Lipinski definition) is 6. The molecule has 2 aliphatic heterocycles. The van der Waals surface area contributed by atoms with Crippen LogP contribution in [0.5, 0.6) is 0 Å². The summed E-state index contributed by atoms with van der Waals surface area (Å²) in [6, 6.07) is 5.52. The molecule has 0 aliphatic carbocycles. The molecular formula is C18H23N5O3. The van der Waals surface area contributed by atoms with Crippen LogP contribution >= 0.6 is 0 Å². The SMILES string of the molecule is Cn1cccc1C(=O)N1CCO[C@]2(COCCN(c3ncccn3)C2)C1. The maximum atomic E-state index is 12.9. The molecule has 1 spiro atoms. The second-order valence-corrected chi connectivity index (χ2v) is 6.79. The van der Waals surface area contributed by atoms with Crippen molar-refractivity contribution >= 4 is 11.9 Å². The summed E-state index contributed by atoms with van der Waals surface area (Å²) in [5.41, 5.74) is 0.106. The van der Waals surface area contributed by atoms with E-state index in [9.17, 15) is 4.79 Å². The highest BCUT2D eigenvalue weighted by molar-refractivity contribution is 5.92. The van der Waals surface area contributed by atoms with Gasteiger partial charge in [0.15, 0.2) is 0 Å². The summed E-state index contributed by atoms with van der Waals surface area (Å²) in [5.74, 6) is 0.679.